The van der Waals surface area contributed by atoms with E-state index in [-0.39, 0.29) is 24.3 Å². The van der Waals surface area contributed by atoms with Gasteiger partial charge in [-0.3, -0.25) is 9.59 Å². The Bertz CT molecular complexity index is 1430. The Kier molecular flexibility index (Phi) is 8.18. The molecule has 0 aromatic heterocycles. The number of anilines is 1. The third kappa shape index (κ3) is 6.26. The minimum absolute atomic E-state index is 0.00552. The maximum absolute atomic E-state index is 12.9. The first-order valence-corrected chi connectivity index (χ1v) is 13.8. The standard InChI is InChI=1S/C29H27ClN4O4S/c1-3-38-23-13-9-21(10-14-23)31-27(35)17-26-28(36)32-29(39-26)34-25(19-5-4-6-20(30)15-19)16-24(33-34)18-7-11-22(37-2)12-8-18/h4-15,25-26H,3,16-17H2,1-2H3,(H,31,35)/t25-,26+/m1/s1. The highest BCUT2D eigenvalue weighted by Gasteiger charge is 2.39. The van der Waals surface area contributed by atoms with Crippen molar-refractivity contribution in [1.82, 2.24) is 5.01 Å². The van der Waals surface area contributed by atoms with E-state index in [2.05, 4.69) is 10.3 Å². The number of rotatable bonds is 8. The lowest BCUT2D eigenvalue weighted by atomic mass is 9.98. The van der Waals surface area contributed by atoms with Crippen molar-refractivity contribution in [1.29, 1.82) is 0 Å². The summed E-state index contributed by atoms with van der Waals surface area (Å²) in [5.74, 6) is 0.865. The number of hydrazone groups is 1. The molecule has 2 aliphatic heterocycles. The predicted molar refractivity (Wildman–Crippen MR) is 155 cm³/mol. The van der Waals surface area contributed by atoms with E-state index < -0.39 is 5.25 Å². The molecule has 10 heteroatoms. The summed E-state index contributed by atoms with van der Waals surface area (Å²) in [7, 11) is 1.63. The molecule has 2 heterocycles. The molecule has 0 fully saturated rings. The number of amides is 2. The number of ether oxygens (including phenoxy) is 2. The van der Waals surface area contributed by atoms with E-state index >= 15 is 0 Å². The maximum atomic E-state index is 12.9. The molecule has 2 aliphatic rings. The van der Waals surface area contributed by atoms with Crippen LogP contribution in [0.15, 0.2) is 82.9 Å². The second kappa shape index (κ2) is 11.9. The number of methoxy groups -OCH3 is 1. The van der Waals surface area contributed by atoms with E-state index in [9.17, 15) is 9.59 Å². The lowest BCUT2D eigenvalue weighted by Gasteiger charge is -2.23. The SMILES string of the molecule is CCOc1ccc(NC(=O)C[C@@H]2SC(N3N=C(c4ccc(OC)cc4)C[C@@H]3c3cccc(Cl)c3)=NC2=O)cc1. The molecule has 2 amide bonds. The summed E-state index contributed by atoms with van der Waals surface area (Å²) in [5, 5.41) is 9.94. The number of benzene rings is 3. The van der Waals surface area contributed by atoms with Crippen LogP contribution in [0.25, 0.3) is 0 Å². The van der Waals surface area contributed by atoms with Crippen molar-refractivity contribution in [3.8, 4) is 11.5 Å². The zero-order valence-electron chi connectivity index (χ0n) is 21.5. The number of hydrogen-bond acceptors (Lipinski definition) is 7. The molecule has 5 rings (SSSR count). The predicted octanol–water partition coefficient (Wildman–Crippen LogP) is 5.93. The number of nitrogens with one attached hydrogen (secondary N) is 1. The Morgan fingerprint density at radius 3 is 2.54 bits per heavy atom. The van der Waals surface area contributed by atoms with Crippen LogP contribution in [0.2, 0.25) is 5.02 Å². The highest BCUT2D eigenvalue weighted by molar-refractivity contribution is 8.15. The van der Waals surface area contributed by atoms with Gasteiger partial charge in [0.15, 0.2) is 5.17 Å². The van der Waals surface area contributed by atoms with Crippen LogP contribution in [0, 0.1) is 0 Å². The van der Waals surface area contributed by atoms with Crippen molar-refractivity contribution in [3.05, 3.63) is 88.9 Å². The molecular formula is C29H27ClN4O4S. The number of carbonyl (C=O) groups excluding carboxylic acids is 2. The topological polar surface area (TPSA) is 92.6 Å². The second-order valence-corrected chi connectivity index (χ2v) is 10.5. The van der Waals surface area contributed by atoms with Gasteiger partial charge in [-0.1, -0.05) is 35.5 Å². The van der Waals surface area contributed by atoms with Gasteiger partial charge in [0, 0.05) is 23.6 Å². The molecular weight excluding hydrogens is 536 g/mol. The molecule has 0 spiro atoms. The average molecular weight is 563 g/mol. The van der Waals surface area contributed by atoms with Gasteiger partial charge in [0.05, 0.1) is 25.5 Å². The molecule has 2 atom stereocenters. The first-order chi connectivity index (χ1) is 18.9. The van der Waals surface area contributed by atoms with E-state index in [1.165, 1.54) is 11.8 Å². The van der Waals surface area contributed by atoms with Crippen LogP contribution in [-0.2, 0) is 9.59 Å². The Morgan fingerprint density at radius 1 is 1.10 bits per heavy atom. The van der Waals surface area contributed by atoms with Gasteiger partial charge in [-0.2, -0.15) is 10.1 Å². The van der Waals surface area contributed by atoms with Gasteiger partial charge in [0.1, 0.15) is 16.7 Å². The van der Waals surface area contributed by atoms with E-state index in [0.29, 0.717) is 28.9 Å². The maximum Gasteiger partial charge on any atom is 0.262 e. The molecule has 3 aromatic rings. The molecule has 0 radical (unpaired) electrons. The minimum atomic E-state index is -0.636. The van der Waals surface area contributed by atoms with Crippen molar-refractivity contribution < 1.29 is 19.1 Å². The fourth-order valence-corrected chi connectivity index (χ4v) is 5.66. The molecule has 0 aliphatic carbocycles. The second-order valence-electron chi connectivity index (χ2n) is 8.94. The smallest absolute Gasteiger partial charge is 0.262 e. The van der Waals surface area contributed by atoms with Gasteiger partial charge >= 0.3 is 0 Å². The molecule has 0 saturated heterocycles. The van der Waals surface area contributed by atoms with E-state index in [1.54, 1.807) is 36.4 Å². The Labute approximate surface area is 236 Å². The van der Waals surface area contributed by atoms with Crippen molar-refractivity contribution >= 4 is 51.7 Å². The van der Waals surface area contributed by atoms with Gasteiger partial charge in [-0.05, 0) is 78.7 Å². The third-order valence-electron chi connectivity index (χ3n) is 6.31. The van der Waals surface area contributed by atoms with Gasteiger partial charge in [0.2, 0.25) is 5.91 Å². The zero-order valence-corrected chi connectivity index (χ0v) is 23.0. The summed E-state index contributed by atoms with van der Waals surface area (Å²) in [4.78, 5) is 29.9. The van der Waals surface area contributed by atoms with Gasteiger partial charge in [0.25, 0.3) is 5.91 Å². The fourth-order valence-electron chi connectivity index (χ4n) is 4.40. The molecule has 39 heavy (non-hydrogen) atoms. The van der Waals surface area contributed by atoms with Crippen molar-refractivity contribution in [2.24, 2.45) is 10.1 Å². The molecule has 3 aromatic carbocycles. The summed E-state index contributed by atoms with van der Waals surface area (Å²) in [5.41, 5.74) is 3.40. The molecule has 0 saturated carbocycles. The van der Waals surface area contributed by atoms with Crippen LogP contribution in [0.3, 0.4) is 0 Å². The highest BCUT2D eigenvalue weighted by atomic mass is 35.5. The molecule has 0 unspecified atom stereocenters. The number of aliphatic imine (C=N–C) groups is 1. The average Bonchev–Trinajstić information content (AvgIpc) is 3.54. The Balaban J connectivity index is 1.31. The van der Waals surface area contributed by atoms with E-state index in [0.717, 1.165) is 28.3 Å². The van der Waals surface area contributed by atoms with E-state index in [4.69, 9.17) is 26.2 Å². The molecule has 8 nitrogen and oxygen atoms in total. The number of carbonyl (C=O) groups is 2. The van der Waals surface area contributed by atoms with Crippen LogP contribution in [0.5, 0.6) is 11.5 Å². The van der Waals surface area contributed by atoms with Crippen molar-refractivity contribution in [3.63, 3.8) is 0 Å². The first kappa shape index (κ1) is 26.8. The van der Waals surface area contributed by atoms with Crippen LogP contribution in [0.1, 0.15) is 36.9 Å². The van der Waals surface area contributed by atoms with Crippen LogP contribution < -0.4 is 14.8 Å². The fraction of sp³-hybridized carbons (Fsp3) is 0.241. The van der Waals surface area contributed by atoms with Gasteiger partial charge in [-0.15, -0.1) is 0 Å². The third-order valence-corrected chi connectivity index (χ3v) is 7.69. The number of amidine groups is 1. The van der Waals surface area contributed by atoms with Crippen LogP contribution in [-0.4, -0.2) is 46.7 Å². The summed E-state index contributed by atoms with van der Waals surface area (Å²) in [6.07, 6.45) is 0.595. The lowest BCUT2D eigenvalue weighted by Crippen LogP contribution is -2.25. The molecule has 0 bridgehead atoms. The number of halogens is 1. The number of thioether (sulfide) groups is 1. The molecule has 200 valence electrons. The largest absolute Gasteiger partial charge is 0.497 e. The van der Waals surface area contributed by atoms with E-state index in [1.807, 2.05) is 55.5 Å². The summed E-state index contributed by atoms with van der Waals surface area (Å²) < 4.78 is 10.7. The molecule has 1 N–H and O–H groups in total. The van der Waals surface area contributed by atoms with Gasteiger partial charge in [-0.25, -0.2) is 5.01 Å². The monoisotopic (exact) mass is 562 g/mol. The Morgan fingerprint density at radius 2 is 1.85 bits per heavy atom. The van der Waals surface area contributed by atoms with Gasteiger partial charge < -0.3 is 14.8 Å². The summed E-state index contributed by atoms with van der Waals surface area (Å²) in [6.45, 7) is 2.47. The van der Waals surface area contributed by atoms with Crippen molar-refractivity contribution in [2.75, 3.05) is 19.0 Å². The van der Waals surface area contributed by atoms with Crippen molar-refractivity contribution in [2.45, 2.75) is 31.1 Å². The minimum Gasteiger partial charge on any atom is -0.497 e. The number of nitrogens with zero attached hydrogens (tertiary/aromatic N) is 3. The van der Waals surface area contributed by atoms with Crippen LogP contribution >= 0.6 is 23.4 Å². The number of hydrogen-bond donors (Lipinski definition) is 1. The zero-order chi connectivity index (χ0) is 27.4. The lowest BCUT2D eigenvalue weighted by molar-refractivity contribution is -0.121. The highest BCUT2D eigenvalue weighted by Crippen LogP contribution is 2.39. The summed E-state index contributed by atoms with van der Waals surface area (Å²) >= 11 is 7.56. The summed E-state index contributed by atoms with van der Waals surface area (Å²) in [6, 6.07) is 22.2. The normalized spacial score (nSPS) is 18.5. The quantitative estimate of drug-likeness (QED) is 0.366. The first-order valence-electron chi connectivity index (χ1n) is 12.5. The van der Waals surface area contributed by atoms with Crippen LogP contribution in [0.4, 0.5) is 5.69 Å². The Hall–Kier alpha value is -3.82.